The van der Waals surface area contributed by atoms with Crippen LogP contribution in [0.1, 0.15) is 30.8 Å². The van der Waals surface area contributed by atoms with Crippen molar-refractivity contribution in [2.45, 2.75) is 26.8 Å². The summed E-state index contributed by atoms with van der Waals surface area (Å²) in [5, 5.41) is 4.13. The van der Waals surface area contributed by atoms with Gasteiger partial charge in [0, 0.05) is 32.7 Å². The van der Waals surface area contributed by atoms with E-state index in [1.807, 2.05) is 11.8 Å². The molecule has 2 heterocycles. The fraction of sp³-hybridized carbons (Fsp3) is 0.692. The summed E-state index contributed by atoms with van der Waals surface area (Å²) in [5.74, 6) is 0.00741. The number of carbonyl (C=O) groups is 1. The molecule has 0 spiro atoms. The molecule has 1 aliphatic rings. The maximum Gasteiger partial charge on any atom is 0.274 e. The fourth-order valence-electron chi connectivity index (χ4n) is 2.51. The quantitative estimate of drug-likeness (QED) is 0.868. The largest absolute Gasteiger partial charge is 0.396 e. The minimum absolute atomic E-state index is 0.00741. The highest BCUT2D eigenvalue weighted by atomic mass is 16.2. The van der Waals surface area contributed by atoms with Crippen molar-refractivity contribution in [3.63, 3.8) is 0 Å². The lowest BCUT2D eigenvalue weighted by molar-refractivity contribution is 0.0626. The zero-order valence-electron chi connectivity index (χ0n) is 11.8. The average Bonchev–Trinajstić information content (AvgIpc) is 2.80. The van der Waals surface area contributed by atoms with Crippen molar-refractivity contribution in [3.8, 4) is 0 Å². The molecule has 0 saturated carbocycles. The third-order valence-corrected chi connectivity index (χ3v) is 3.57. The van der Waals surface area contributed by atoms with Crippen LogP contribution in [0.5, 0.6) is 0 Å². The van der Waals surface area contributed by atoms with Crippen LogP contribution < -0.4 is 5.73 Å². The summed E-state index contributed by atoms with van der Waals surface area (Å²) >= 11 is 0. The van der Waals surface area contributed by atoms with Gasteiger partial charge in [0.15, 0.2) is 0 Å². The predicted octanol–water partition coefficient (Wildman–Crippen LogP) is 0.653. The number of hydrogen-bond acceptors (Lipinski definition) is 4. The van der Waals surface area contributed by atoms with E-state index < -0.39 is 0 Å². The molecule has 1 aromatic rings. The number of nitrogens with two attached hydrogens (primary N) is 1. The predicted molar refractivity (Wildman–Crippen MR) is 74.9 cm³/mol. The zero-order valence-corrected chi connectivity index (χ0v) is 11.8. The molecule has 19 heavy (non-hydrogen) atoms. The topological polar surface area (TPSA) is 67.4 Å². The van der Waals surface area contributed by atoms with Crippen molar-refractivity contribution in [2.24, 2.45) is 0 Å². The summed E-state index contributed by atoms with van der Waals surface area (Å²) in [6.07, 6.45) is 2.72. The number of carbonyl (C=O) groups excluding carboxylic acids is 1. The molecular formula is C13H23N5O. The van der Waals surface area contributed by atoms with Crippen molar-refractivity contribution < 1.29 is 4.79 Å². The van der Waals surface area contributed by atoms with Crippen molar-refractivity contribution >= 4 is 11.6 Å². The molecule has 6 nitrogen and oxygen atoms in total. The fourth-order valence-corrected chi connectivity index (χ4v) is 2.51. The highest BCUT2D eigenvalue weighted by molar-refractivity contribution is 5.97. The van der Waals surface area contributed by atoms with Gasteiger partial charge in [0.2, 0.25) is 0 Å². The number of piperazine rings is 1. The number of anilines is 1. The Labute approximate surface area is 114 Å². The van der Waals surface area contributed by atoms with E-state index in [0.29, 0.717) is 17.9 Å². The number of nitrogens with zero attached hydrogens (tertiary/aromatic N) is 4. The molecule has 6 heteroatoms. The van der Waals surface area contributed by atoms with E-state index >= 15 is 0 Å². The summed E-state index contributed by atoms with van der Waals surface area (Å²) in [5.41, 5.74) is 6.87. The van der Waals surface area contributed by atoms with Gasteiger partial charge in [0.1, 0.15) is 5.69 Å². The Hall–Kier alpha value is -1.56. The lowest BCUT2D eigenvalue weighted by Gasteiger charge is -2.34. The van der Waals surface area contributed by atoms with Gasteiger partial charge in [-0.15, -0.1) is 0 Å². The van der Waals surface area contributed by atoms with E-state index in [1.165, 1.54) is 0 Å². The molecule has 1 saturated heterocycles. The smallest absolute Gasteiger partial charge is 0.274 e. The molecule has 1 fully saturated rings. The Morgan fingerprint density at radius 3 is 2.58 bits per heavy atom. The van der Waals surface area contributed by atoms with Gasteiger partial charge < -0.3 is 10.6 Å². The minimum atomic E-state index is 0.00741. The second-order valence-corrected chi connectivity index (χ2v) is 4.90. The van der Waals surface area contributed by atoms with Crippen LogP contribution >= 0.6 is 0 Å². The van der Waals surface area contributed by atoms with Crippen LogP contribution in [0.3, 0.4) is 0 Å². The molecule has 0 atom stereocenters. The highest BCUT2D eigenvalue weighted by Gasteiger charge is 2.25. The van der Waals surface area contributed by atoms with E-state index in [4.69, 9.17) is 5.73 Å². The van der Waals surface area contributed by atoms with Gasteiger partial charge in [-0.3, -0.25) is 14.4 Å². The van der Waals surface area contributed by atoms with Gasteiger partial charge >= 0.3 is 0 Å². The highest BCUT2D eigenvalue weighted by Crippen LogP contribution is 2.15. The molecule has 0 unspecified atom stereocenters. The number of rotatable bonds is 4. The maximum atomic E-state index is 12.5. The lowest BCUT2D eigenvalue weighted by atomic mass is 10.2. The molecule has 2 N–H and O–H groups in total. The first-order chi connectivity index (χ1) is 9.17. The number of aryl methyl sites for hydroxylation is 1. The second-order valence-electron chi connectivity index (χ2n) is 4.90. The minimum Gasteiger partial charge on any atom is -0.396 e. The van der Waals surface area contributed by atoms with Gasteiger partial charge in [-0.05, 0) is 19.9 Å². The summed E-state index contributed by atoms with van der Waals surface area (Å²) in [6, 6.07) is 0. The van der Waals surface area contributed by atoms with E-state index in [1.54, 1.807) is 10.9 Å². The Bertz CT molecular complexity index is 434. The summed E-state index contributed by atoms with van der Waals surface area (Å²) < 4.78 is 1.68. The van der Waals surface area contributed by atoms with Crippen molar-refractivity contribution in [1.29, 1.82) is 0 Å². The van der Waals surface area contributed by atoms with Crippen LogP contribution in [-0.2, 0) is 6.54 Å². The second kappa shape index (κ2) is 6.06. The third-order valence-electron chi connectivity index (χ3n) is 3.57. The monoisotopic (exact) mass is 265 g/mol. The van der Waals surface area contributed by atoms with E-state index in [2.05, 4.69) is 16.9 Å². The van der Waals surface area contributed by atoms with Gasteiger partial charge in [0.25, 0.3) is 5.91 Å². The van der Waals surface area contributed by atoms with Crippen LogP contribution in [0.2, 0.25) is 0 Å². The summed E-state index contributed by atoms with van der Waals surface area (Å²) in [7, 11) is 0. The molecule has 1 amide bonds. The number of amides is 1. The Morgan fingerprint density at radius 2 is 2.00 bits per heavy atom. The van der Waals surface area contributed by atoms with Gasteiger partial charge in [-0.1, -0.05) is 6.92 Å². The molecule has 0 aromatic carbocycles. The van der Waals surface area contributed by atoms with E-state index in [9.17, 15) is 4.79 Å². The van der Waals surface area contributed by atoms with Crippen LogP contribution in [0, 0.1) is 0 Å². The number of nitrogen functional groups attached to an aromatic ring is 1. The van der Waals surface area contributed by atoms with E-state index in [0.717, 1.165) is 39.1 Å². The van der Waals surface area contributed by atoms with Crippen molar-refractivity contribution in [2.75, 3.05) is 38.5 Å². The molecule has 1 aliphatic heterocycles. The van der Waals surface area contributed by atoms with E-state index in [-0.39, 0.29) is 5.91 Å². The molecular weight excluding hydrogens is 242 g/mol. The van der Waals surface area contributed by atoms with Gasteiger partial charge in [0.05, 0.1) is 11.9 Å². The van der Waals surface area contributed by atoms with Crippen LogP contribution in [0.4, 0.5) is 5.69 Å². The van der Waals surface area contributed by atoms with Gasteiger partial charge in [-0.25, -0.2) is 0 Å². The van der Waals surface area contributed by atoms with Gasteiger partial charge in [-0.2, -0.15) is 5.10 Å². The van der Waals surface area contributed by atoms with Crippen LogP contribution in [0.15, 0.2) is 6.20 Å². The molecule has 0 bridgehead atoms. The summed E-state index contributed by atoms with van der Waals surface area (Å²) in [4.78, 5) is 16.8. The lowest BCUT2D eigenvalue weighted by Crippen LogP contribution is -2.49. The number of aromatic nitrogens is 2. The average molecular weight is 265 g/mol. The third kappa shape index (κ3) is 2.89. The Balaban J connectivity index is 2.03. The first-order valence-electron chi connectivity index (χ1n) is 7.00. The normalized spacial score (nSPS) is 16.8. The van der Waals surface area contributed by atoms with Crippen molar-refractivity contribution in [1.82, 2.24) is 19.6 Å². The molecule has 106 valence electrons. The molecule has 1 aromatic heterocycles. The zero-order chi connectivity index (χ0) is 13.8. The Kier molecular flexibility index (Phi) is 4.42. The van der Waals surface area contributed by atoms with Crippen LogP contribution in [0.25, 0.3) is 0 Å². The molecule has 0 aliphatic carbocycles. The van der Waals surface area contributed by atoms with Crippen molar-refractivity contribution in [3.05, 3.63) is 11.9 Å². The standard InChI is InChI=1S/C13H23N5O/c1-3-5-16-6-8-17(9-7-16)13(19)12-11(14)10-15-18(12)4-2/h10H,3-9,14H2,1-2H3. The molecule has 0 radical (unpaired) electrons. The molecule has 2 rings (SSSR count). The maximum absolute atomic E-state index is 12.5. The first-order valence-corrected chi connectivity index (χ1v) is 7.00. The number of hydrogen-bond donors (Lipinski definition) is 1. The summed E-state index contributed by atoms with van der Waals surface area (Å²) in [6.45, 7) is 9.34. The first kappa shape index (κ1) is 13.9. The SMILES string of the molecule is CCCN1CCN(C(=O)c2c(N)cnn2CC)CC1. The van der Waals surface area contributed by atoms with Crippen LogP contribution in [-0.4, -0.2) is 58.2 Å². The Morgan fingerprint density at radius 1 is 1.32 bits per heavy atom.